The topological polar surface area (TPSA) is 87.2 Å². The molecule has 29 heavy (non-hydrogen) atoms. The molecule has 0 saturated carbocycles. The molecule has 0 aliphatic rings. The standard InChI is InChI=1S/C22H26N6O/c1-3-12-29-20-11-6-5-9-19(20)15-25-22(23-4-2)24-14-17-8-7-10-18(13-17)21-26-16-27-28-21/h3,5-11,13,16H,1,4,12,14-15H2,2H3,(H2,23,24,25)(H,26,27,28). The Hall–Kier alpha value is -3.61. The maximum atomic E-state index is 5.72. The number of hydrogen-bond acceptors (Lipinski definition) is 4. The van der Waals surface area contributed by atoms with Crippen molar-refractivity contribution in [2.75, 3.05) is 13.2 Å². The van der Waals surface area contributed by atoms with Crippen LogP contribution in [0.15, 0.2) is 72.5 Å². The molecule has 0 bridgehead atoms. The van der Waals surface area contributed by atoms with Gasteiger partial charge in [-0.05, 0) is 24.6 Å². The molecule has 1 heterocycles. The van der Waals surface area contributed by atoms with Crippen LogP contribution < -0.4 is 15.4 Å². The number of aromatic amines is 1. The Morgan fingerprint density at radius 1 is 1.21 bits per heavy atom. The number of aromatic nitrogens is 3. The van der Waals surface area contributed by atoms with Gasteiger partial charge < -0.3 is 15.4 Å². The van der Waals surface area contributed by atoms with Crippen molar-refractivity contribution in [3.63, 3.8) is 0 Å². The molecule has 3 rings (SSSR count). The fraction of sp³-hybridized carbons (Fsp3) is 0.227. The highest BCUT2D eigenvalue weighted by molar-refractivity contribution is 5.79. The van der Waals surface area contributed by atoms with Gasteiger partial charge in [0.1, 0.15) is 18.7 Å². The van der Waals surface area contributed by atoms with Gasteiger partial charge in [0.15, 0.2) is 11.8 Å². The Kier molecular flexibility index (Phi) is 7.40. The van der Waals surface area contributed by atoms with E-state index in [1.54, 1.807) is 6.08 Å². The van der Waals surface area contributed by atoms with Crippen molar-refractivity contribution in [2.45, 2.75) is 20.0 Å². The summed E-state index contributed by atoms with van der Waals surface area (Å²) in [5.41, 5.74) is 3.14. The van der Waals surface area contributed by atoms with Crippen molar-refractivity contribution < 1.29 is 4.74 Å². The number of aliphatic imine (C=N–C) groups is 1. The first-order valence-electron chi connectivity index (χ1n) is 9.58. The van der Waals surface area contributed by atoms with Crippen molar-refractivity contribution in [2.24, 2.45) is 4.99 Å². The second-order valence-electron chi connectivity index (χ2n) is 6.29. The number of rotatable bonds is 9. The van der Waals surface area contributed by atoms with E-state index in [1.807, 2.05) is 49.4 Å². The van der Waals surface area contributed by atoms with Gasteiger partial charge in [-0.2, -0.15) is 5.10 Å². The molecule has 7 nitrogen and oxygen atoms in total. The normalized spacial score (nSPS) is 11.1. The summed E-state index contributed by atoms with van der Waals surface area (Å²) in [6.07, 6.45) is 3.24. The monoisotopic (exact) mass is 390 g/mol. The maximum Gasteiger partial charge on any atom is 0.191 e. The van der Waals surface area contributed by atoms with E-state index in [0.717, 1.165) is 40.8 Å². The van der Waals surface area contributed by atoms with Crippen LogP contribution in [0.25, 0.3) is 11.4 Å². The second kappa shape index (κ2) is 10.7. The molecule has 1 aromatic heterocycles. The van der Waals surface area contributed by atoms with Crippen molar-refractivity contribution in [1.82, 2.24) is 25.8 Å². The lowest BCUT2D eigenvalue weighted by Gasteiger charge is -2.14. The molecule has 0 atom stereocenters. The van der Waals surface area contributed by atoms with Crippen molar-refractivity contribution >= 4 is 5.96 Å². The Balaban J connectivity index is 1.66. The average molecular weight is 390 g/mol. The SMILES string of the molecule is C=CCOc1ccccc1CNC(=NCc1cccc(-c2ncn[nH]2)c1)NCC. The third-order valence-electron chi connectivity index (χ3n) is 4.15. The van der Waals surface area contributed by atoms with Gasteiger partial charge in [0, 0.05) is 24.2 Å². The quantitative estimate of drug-likeness (QED) is 0.296. The van der Waals surface area contributed by atoms with Crippen molar-refractivity contribution in [3.8, 4) is 17.1 Å². The van der Waals surface area contributed by atoms with E-state index in [-0.39, 0.29) is 0 Å². The summed E-state index contributed by atoms with van der Waals surface area (Å²) in [6.45, 7) is 8.16. The van der Waals surface area contributed by atoms with Gasteiger partial charge in [0.25, 0.3) is 0 Å². The number of ether oxygens (including phenoxy) is 1. The minimum atomic E-state index is 0.479. The number of nitrogens with one attached hydrogen (secondary N) is 3. The second-order valence-corrected chi connectivity index (χ2v) is 6.29. The summed E-state index contributed by atoms with van der Waals surface area (Å²) in [5.74, 6) is 2.34. The molecule has 3 N–H and O–H groups in total. The molecule has 2 aromatic carbocycles. The van der Waals surface area contributed by atoms with Crippen LogP contribution in [-0.4, -0.2) is 34.3 Å². The molecule has 0 unspecified atom stereocenters. The lowest BCUT2D eigenvalue weighted by molar-refractivity contribution is 0.358. The maximum absolute atomic E-state index is 5.72. The highest BCUT2D eigenvalue weighted by atomic mass is 16.5. The van der Waals surface area contributed by atoms with Crippen LogP contribution in [0, 0.1) is 0 Å². The van der Waals surface area contributed by atoms with Gasteiger partial charge in [0.2, 0.25) is 0 Å². The third-order valence-corrected chi connectivity index (χ3v) is 4.15. The first-order valence-corrected chi connectivity index (χ1v) is 9.58. The van der Waals surface area contributed by atoms with Crippen molar-refractivity contribution in [1.29, 1.82) is 0 Å². The molecule has 0 saturated heterocycles. The highest BCUT2D eigenvalue weighted by Crippen LogP contribution is 2.18. The van der Waals surface area contributed by atoms with Crippen LogP contribution in [0.1, 0.15) is 18.1 Å². The summed E-state index contributed by atoms with van der Waals surface area (Å²) in [7, 11) is 0. The van der Waals surface area contributed by atoms with Gasteiger partial charge in [0.05, 0.1) is 6.54 Å². The summed E-state index contributed by atoms with van der Waals surface area (Å²) in [5, 5.41) is 13.4. The summed E-state index contributed by atoms with van der Waals surface area (Å²) in [4.78, 5) is 8.90. The molecule has 0 fully saturated rings. The van der Waals surface area contributed by atoms with Gasteiger partial charge in [-0.3, -0.25) is 5.10 Å². The van der Waals surface area contributed by atoms with Gasteiger partial charge in [-0.15, -0.1) is 0 Å². The van der Waals surface area contributed by atoms with Gasteiger partial charge in [-0.1, -0.05) is 49.1 Å². The molecule has 150 valence electrons. The number of para-hydroxylation sites is 1. The van der Waals surface area contributed by atoms with Crippen LogP contribution in [-0.2, 0) is 13.1 Å². The number of nitrogens with zero attached hydrogens (tertiary/aromatic N) is 3. The predicted octanol–water partition coefficient (Wildman–Crippen LogP) is 3.29. The van der Waals surface area contributed by atoms with Crippen LogP contribution >= 0.6 is 0 Å². The Labute approximate surface area is 171 Å². The Bertz CT molecular complexity index is 936. The van der Waals surface area contributed by atoms with E-state index in [9.17, 15) is 0 Å². The third kappa shape index (κ3) is 5.93. The molecule has 0 spiro atoms. The van der Waals surface area contributed by atoms with E-state index >= 15 is 0 Å². The highest BCUT2D eigenvalue weighted by Gasteiger charge is 2.05. The molecule has 0 amide bonds. The van der Waals surface area contributed by atoms with E-state index in [0.29, 0.717) is 19.7 Å². The van der Waals surface area contributed by atoms with E-state index in [2.05, 4.69) is 38.5 Å². The Morgan fingerprint density at radius 3 is 2.90 bits per heavy atom. The summed E-state index contributed by atoms with van der Waals surface area (Å²) < 4.78 is 5.72. The zero-order chi connectivity index (χ0) is 20.3. The fourth-order valence-electron chi connectivity index (χ4n) is 2.79. The van der Waals surface area contributed by atoms with Gasteiger partial charge >= 0.3 is 0 Å². The predicted molar refractivity (Wildman–Crippen MR) is 116 cm³/mol. The average Bonchev–Trinajstić information content (AvgIpc) is 3.30. The Morgan fingerprint density at radius 2 is 2.10 bits per heavy atom. The molecular formula is C22H26N6O. The molecular weight excluding hydrogens is 364 g/mol. The van der Waals surface area contributed by atoms with Gasteiger partial charge in [-0.25, -0.2) is 9.98 Å². The summed E-state index contributed by atoms with van der Waals surface area (Å²) in [6, 6.07) is 16.1. The zero-order valence-corrected chi connectivity index (χ0v) is 16.6. The first-order chi connectivity index (χ1) is 14.3. The van der Waals surface area contributed by atoms with Crippen LogP contribution in [0.4, 0.5) is 0 Å². The number of guanidine groups is 1. The lowest BCUT2D eigenvalue weighted by Crippen LogP contribution is -2.36. The fourth-order valence-corrected chi connectivity index (χ4v) is 2.79. The van der Waals surface area contributed by atoms with E-state index in [4.69, 9.17) is 9.73 Å². The molecule has 3 aromatic rings. The molecule has 0 radical (unpaired) electrons. The number of hydrogen-bond donors (Lipinski definition) is 3. The first kappa shape index (κ1) is 20.1. The molecule has 0 aliphatic heterocycles. The van der Waals surface area contributed by atoms with Crippen molar-refractivity contribution in [3.05, 3.63) is 78.6 Å². The minimum Gasteiger partial charge on any atom is -0.489 e. The van der Waals surface area contributed by atoms with E-state index in [1.165, 1.54) is 6.33 Å². The summed E-state index contributed by atoms with van der Waals surface area (Å²) >= 11 is 0. The number of benzene rings is 2. The smallest absolute Gasteiger partial charge is 0.191 e. The number of H-pyrrole nitrogens is 1. The molecule has 0 aliphatic carbocycles. The largest absolute Gasteiger partial charge is 0.489 e. The zero-order valence-electron chi connectivity index (χ0n) is 16.6. The molecule has 7 heteroatoms. The lowest BCUT2D eigenvalue weighted by atomic mass is 10.1. The minimum absolute atomic E-state index is 0.479. The van der Waals surface area contributed by atoms with Crippen LogP contribution in [0.3, 0.4) is 0 Å². The van der Waals surface area contributed by atoms with Crippen LogP contribution in [0.2, 0.25) is 0 Å². The van der Waals surface area contributed by atoms with E-state index < -0.39 is 0 Å². The van der Waals surface area contributed by atoms with Crippen LogP contribution in [0.5, 0.6) is 5.75 Å².